The number of aliphatic hydroxyl groups is 1. The normalized spacial score (nSPS) is 13.6. The Morgan fingerprint density at radius 2 is 1.86 bits per heavy atom. The number of rotatable bonds is 15. The first-order valence-electron chi connectivity index (χ1n) is 8.26. The van der Waals surface area contributed by atoms with Crippen molar-refractivity contribution < 1.29 is 24.1 Å². The van der Waals surface area contributed by atoms with Gasteiger partial charge in [-0.05, 0) is 19.3 Å². The van der Waals surface area contributed by atoms with E-state index in [4.69, 9.17) is 19.3 Å². The molecule has 0 heterocycles. The Labute approximate surface area is 134 Å². The summed E-state index contributed by atoms with van der Waals surface area (Å²) in [6.07, 6.45) is 7.19. The molecule has 0 saturated heterocycles. The van der Waals surface area contributed by atoms with Gasteiger partial charge in [0.05, 0.1) is 33.0 Å². The van der Waals surface area contributed by atoms with Crippen molar-refractivity contribution in [1.29, 1.82) is 0 Å². The van der Waals surface area contributed by atoms with Gasteiger partial charge in [0, 0.05) is 6.08 Å². The van der Waals surface area contributed by atoms with E-state index in [1.807, 2.05) is 6.92 Å². The summed E-state index contributed by atoms with van der Waals surface area (Å²) in [6, 6.07) is 0. The largest absolute Gasteiger partial charge is 0.453 e. The lowest BCUT2D eigenvalue weighted by Gasteiger charge is -2.32. The van der Waals surface area contributed by atoms with Crippen LogP contribution in [0.4, 0.5) is 0 Å². The maximum absolute atomic E-state index is 11.6. The van der Waals surface area contributed by atoms with Crippen LogP contribution in [0.15, 0.2) is 12.7 Å². The highest BCUT2D eigenvalue weighted by molar-refractivity contribution is 5.81. The molecule has 0 aromatic heterocycles. The molecule has 1 N–H and O–H groups in total. The van der Waals surface area contributed by atoms with E-state index in [9.17, 15) is 4.79 Å². The van der Waals surface area contributed by atoms with Gasteiger partial charge in [-0.2, -0.15) is 0 Å². The molecule has 0 aliphatic heterocycles. The van der Waals surface area contributed by atoms with E-state index < -0.39 is 11.6 Å². The van der Waals surface area contributed by atoms with Crippen LogP contribution in [0.2, 0.25) is 0 Å². The van der Waals surface area contributed by atoms with Crippen molar-refractivity contribution in [2.24, 2.45) is 0 Å². The van der Waals surface area contributed by atoms with Gasteiger partial charge in [0.25, 0.3) is 0 Å². The summed E-state index contributed by atoms with van der Waals surface area (Å²) in [6.45, 7) is 9.15. The molecule has 0 amide bonds. The third kappa shape index (κ3) is 9.92. The van der Waals surface area contributed by atoms with Gasteiger partial charge in [0.2, 0.25) is 0 Å². The molecule has 0 aliphatic rings. The molecule has 5 heteroatoms. The van der Waals surface area contributed by atoms with Gasteiger partial charge < -0.3 is 19.3 Å². The molecule has 0 fully saturated rings. The number of aliphatic hydroxyl groups excluding tert-OH is 1. The van der Waals surface area contributed by atoms with Gasteiger partial charge in [0.15, 0.2) is 0 Å². The third-order valence-electron chi connectivity index (χ3n) is 3.59. The minimum Gasteiger partial charge on any atom is -0.453 e. The van der Waals surface area contributed by atoms with Crippen molar-refractivity contribution in [3.8, 4) is 0 Å². The molecule has 1 unspecified atom stereocenters. The fourth-order valence-corrected chi connectivity index (χ4v) is 2.18. The van der Waals surface area contributed by atoms with Crippen molar-refractivity contribution in [3.63, 3.8) is 0 Å². The van der Waals surface area contributed by atoms with Gasteiger partial charge in [-0.15, -0.1) is 0 Å². The van der Waals surface area contributed by atoms with Crippen LogP contribution in [-0.4, -0.2) is 49.7 Å². The quantitative estimate of drug-likeness (QED) is 0.286. The molecule has 22 heavy (non-hydrogen) atoms. The SMILES string of the molecule is C=CC(=O)OC(CC)(CCCCCC)COCCOCCO. The van der Waals surface area contributed by atoms with Crippen LogP contribution in [0.1, 0.15) is 52.4 Å². The van der Waals surface area contributed by atoms with Crippen LogP contribution in [0.25, 0.3) is 0 Å². The van der Waals surface area contributed by atoms with Gasteiger partial charge in [-0.3, -0.25) is 0 Å². The number of hydrogen-bond acceptors (Lipinski definition) is 5. The highest BCUT2D eigenvalue weighted by Gasteiger charge is 2.31. The van der Waals surface area contributed by atoms with Crippen LogP contribution in [0.5, 0.6) is 0 Å². The van der Waals surface area contributed by atoms with E-state index in [-0.39, 0.29) is 6.61 Å². The maximum Gasteiger partial charge on any atom is 0.330 e. The summed E-state index contributed by atoms with van der Waals surface area (Å²) >= 11 is 0. The Balaban J connectivity index is 4.34. The first-order chi connectivity index (χ1) is 10.6. The Hall–Kier alpha value is -0.910. The summed E-state index contributed by atoms with van der Waals surface area (Å²) < 4.78 is 16.4. The highest BCUT2D eigenvalue weighted by Crippen LogP contribution is 2.25. The number of ether oxygens (including phenoxy) is 3. The number of carbonyl (C=O) groups excluding carboxylic acids is 1. The van der Waals surface area contributed by atoms with Gasteiger partial charge in [0.1, 0.15) is 5.60 Å². The molecule has 0 rings (SSSR count). The van der Waals surface area contributed by atoms with Crippen LogP contribution >= 0.6 is 0 Å². The predicted molar refractivity (Wildman–Crippen MR) is 86.8 cm³/mol. The van der Waals surface area contributed by atoms with Gasteiger partial charge in [-0.1, -0.05) is 39.7 Å². The zero-order valence-electron chi connectivity index (χ0n) is 14.1. The summed E-state index contributed by atoms with van der Waals surface area (Å²) in [5.41, 5.74) is -0.587. The van der Waals surface area contributed by atoms with Crippen LogP contribution in [0, 0.1) is 0 Å². The predicted octanol–water partition coefficient (Wildman–Crippen LogP) is 2.86. The standard InChI is InChI=1S/C17H32O5/c1-4-7-8-9-10-17(6-3,22-16(19)5-2)15-21-14-13-20-12-11-18/h5,18H,2,4,6-15H2,1,3H3. The van der Waals surface area contributed by atoms with Crippen LogP contribution in [0.3, 0.4) is 0 Å². The molecule has 130 valence electrons. The highest BCUT2D eigenvalue weighted by atomic mass is 16.6. The first-order valence-corrected chi connectivity index (χ1v) is 8.26. The molecule has 0 saturated carbocycles. The minimum absolute atomic E-state index is 0.00722. The topological polar surface area (TPSA) is 65.0 Å². The molecule has 0 aromatic carbocycles. The molecule has 0 spiro atoms. The van der Waals surface area contributed by atoms with E-state index in [1.165, 1.54) is 18.9 Å². The Morgan fingerprint density at radius 1 is 1.14 bits per heavy atom. The number of hydrogen-bond donors (Lipinski definition) is 1. The second-order valence-electron chi connectivity index (χ2n) is 5.36. The van der Waals surface area contributed by atoms with Crippen molar-refractivity contribution in [1.82, 2.24) is 0 Å². The lowest BCUT2D eigenvalue weighted by molar-refractivity contribution is -0.163. The zero-order valence-corrected chi connectivity index (χ0v) is 14.1. The fraction of sp³-hybridized carbons (Fsp3) is 0.824. The Morgan fingerprint density at radius 3 is 2.45 bits per heavy atom. The van der Waals surface area contributed by atoms with Gasteiger partial charge in [-0.25, -0.2) is 4.79 Å². The summed E-state index contributed by atoms with van der Waals surface area (Å²) in [5, 5.41) is 8.62. The van der Waals surface area contributed by atoms with E-state index in [1.54, 1.807) is 0 Å². The summed E-state index contributed by atoms with van der Waals surface area (Å²) in [4.78, 5) is 11.6. The maximum atomic E-state index is 11.6. The number of unbranched alkanes of at least 4 members (excludes halogenated alkanes) is 3. The minimum atomic E-state index is -0.587. The molecule has 5 nitrogen and oxygen atoms in total. The number of carbonyl (C=O) groups is 1. The van der Waals surface area contributed by atoms with Gasteiger partial charge >= 0.3 is 5.97 Å². The smallest absolute Gasteiger partial charge is 0.330 e. The molecular weight excluding hydrogens is 284 g/mol. The van der Waals surface area contributed by atoms with Crippen molar-refractivity contribution in [2.75, 3.05) is 33.0 Å². The molecule has 0 aliphatic carbocycles. The van der Waals surface area contributed by atoms with E-state index in [0.717, 1.165) is 19.3 Å². The fourth-order valence-electron chi connectivity index (χ4n) is 2.18. The Kier molecular flexibility index (Phi) is 13.2. The monoisotopic (exact) mass is 316 g/mol. The van der Waals surface area contributed by atoms with Crippen molar-refractivity contribution >= 4 is 5.97 Å². The lowest BCUT2D eigenvalue weighted by atomic mass is 9.93. The summed E-state index contributed by atoms with van der Waals surface area (Å²) in [5.74, 6) is -0.405. The number of esters is 1. The van der Waals surface area contributed by atoms with Crippen molar-refractivity contribution in [2.45, 2.75) is 58.0 Å². The van der Waals surface area contributed by atoms with Crippen LogP contribution in [-0.2, 0) is 19.0 Å². The molecule has 1 atom stereocenters. The molecule has 0 aromatic rings. The van der Waals surface area contributed by atoms with E-state index in [0.29, 0.717) is 32.8 Å². The summed E-state index contributed by atoms with van der Waals surface area (Å²) in [7, 11) is 0. The molecular formula is C17H32O5. The van der Waals surface area contributed by atoms with E-state index >= 15 is 0 Å². The van der Waals surface area contributed by atoms with Crippen LogP contribution < -0.4 is 0 Å². The molecule has 0 radical (unpaired) electrons. The van der Waals surface area contributed by atoms with E-state index in [2.05, 4.69) is 13.5 Å². The lowest BCUT2D eigenvalue weighted by Crippen LogP contribution is -2.39. The Bertz CT molecular complexity index is 293. The molecule has 0 bridgehead atoms. The zero-order chi connectivity index (χ0) is 16.7. The third-order valence-corrected chi connectivity index (χ3v) is 3.59. The second kappa shape index (κ2) is 13.7. The average Bonchev–Trinajstić information content (AvgIpc) is 2.54. The van der Waals surface area contributed by atoms with Crippen molar-refractivity contribution in [3.05, 3.63) is 12.7 Å². The first kappa shape index (κ1) is 21.1. The second-order valence-corrected chi connectivity index (χ2v) is 5.36. The average molecular weight is 316 g/mol.